The van der Waals surface area contributed by atoms with E-state index in [0.717, 1.165) is 5.56 Å². The van der Waals surface area contributed by atoms with Crippen LogP contribution < -0.4 is 10.5 Å². The quantitative estimate of drug-likeness (QED) is 0.821. The molecule has 0 bridgehead atoms. The first-order valence-electron chi connectivity index (χ1n) is 6.32. The summed E-state index contributed by atoms with van der Waals surface area (Å²) in [6.45, 7) is 5.74. The Kier molecular flexibility index (Phi) is 5.11. The van der Waals surface area contributed by atoms with E-state index in [-0.39, 0.29) is 18.5 Å². The lowest BCUT2D eigenvalue weighted by atomic mass is 9.99. The lowest BCUT2D eigenvalue weighted by molar-refractivity contribution is -0.0117. The highest BCUT2D eigenvalue weighted by atomic mass is 19.1. The van der Waals surface area contributed by atoms with Gasteiger partial charge in [0.25, 0.3) is 0 Å². The van der Waals surface area contributed by atoms with Crippen LogP contribution in [-0.4, -0.2) is 17.3 Å². The molecule has 0 aliphatic heterocycles. The van der Waals surface area contributed by atoms with Crippen LogP contribution in [-0.2, 0) is 0 Å². The lowest BCUT2D eigenvalue weighted by Crippen LogP contribution is -2.34. The van der Waals surface area contributed by atoms with Crippen LogP contribution in [0.1, 0.15) is 45.2 Å². The molecule has 18 heavy (non-hydrogen) atoms. The number of ether oxygens (including phenoxy) is 1. The third-order valence-electron chi connectivity index (χ3n) is 3.28. The summed E-state index contributed by atoms with van der Waals surface area (Å²) in [5.74, 6) is 0.0382. The zero-order valence-electron chi connectivity index (χ0n) is 11.2. The minimum atomic E-state index is -0.874. The predicted octanol–water partition coefficient (Wildman–Crippen LogP) is 2.78. The van der Waals surface area contributed by atoms with E-state index >= 15 is 0 Å². The van der Waals surface area contributed by atoms with Crippen LogP contribution in [0.15, 0.2) is 18.2 Å². The minimum absolute atomic E-state index is 0.142. The molecule has 3 nitrogen and oxygen atoms in total. The van der Waals surface area contributed by atoms with Crippen molar-refractivity contribution < 1.29 is 14.2 Å². The average Bonchev–Trinajstić information content (AvgIpc) is 2.35. The normalized spacial score (nSPS) is 13.4. The number of hydrogen-bond acceptors (Lipinski definition) is 3. The van der Waals surface area contributed by atoms with Gasteiger partial charge in [-0.2, -0.15) is 0 Å². The standard InChI is InChI=1S/C14H22FNO2/c1-4-14(17,5-2)9-18-13-8-11(15)6-7-12(13)10(3)16/h6-8,10,17H,4-5,9,16H2,1-3H3. The third-order valence-corrected chi connectivity index (χ3v) is 3.28. The van der Waals surface area contributed by atoms with Crippen LogP contribution >= 0.6 is 0 Å². The second kappa shape index (κ2) is 6.16. The molecule has 3 N–H and O–H groups in total. The summed E-state index contributed by atoms with van der Waals surface area (Å²) < 4.78 is 18.8. The molecule has 0 radical (unpaired) electrons. The minimum Gasteiger partial charge on any atom is -0.490 e. The smallest absolute Gasteiger partial charge is 0.127 e. The Hall–Kier alpha value is -1.13. The topological polar surface area (TPSA) is 55.5 Å². The highest BCUT2D eigenvalue weighted by molar-refractivity contribution is 5.36. The summed E-state index contributed by atoms with van der Waals surface area (Å²) in [5, 5.41) is 10.1. The van der Waals surface area contributed by atoms with Gasteiger partial charge in [0.1, 0.15) is 18.2 Å². The van der Waals surface area contributed by atoms with Gasteiger partial charge in [-0.25, -0.2) is 4.39 Å². The van der Waals surface area contributed by atoms with Gasteiger partial charge in [-0.15, -0.1) is 0 Å². The number of hydrogen-bond donors (Lipinski definition) is 2. The van der Waals surface area contributed by atoms with Gasteiger partial charge in [0.15, 0.2) is 0 Å². The van der Waals surface area contributed by atoms with Crippen LogP contribution in [0.2, 0.25) is 0 Å². The Balaban J connectivity index is 2.86. The molecule has 0 amide bonds. The first-order valence-corrected chi connectivity index (χ1v) is 6.32. The Labute approximate surface area is 108 Å². The van der Waals surface area contributed by atoms with Crippen LogP contribution in [0, 0.1) is 5.82 Å². The van der Waals surface area contributed by atoms with E-state index in [0.29, 0.717) is 18.6 Å². The molecule has 4 heteroatoms. The number of benzene rings is 1. The highest BCUT2D eigenvalue weighted by Crippen LogP contribution is 2.26. The number of rotatable bonds is 6. The summed E-state index contributed by atoms with van der Waals surface area (Å²) in [6, 6.07) is 4.05. The van der Waals surface area contributed by atoms with Gasteiger partial charge in [0, 0.05) is 17.7 Å². The van der Waals surface area contributed by atoms with Crippen molar-refractivity contribution in [2.24, 2.45) is 5.73 Å². The van der Waals surface area contributed by atoms with Crippen LogP contribution in [0.4, 0.5) is 4.39 Å². The van der Waals surface area contributed by atoms with Crippen LogP contribution in [0.5, 0.6) is 5.75 Å². The van der Waals surface area contributed by atoms with E-state index in [1.165, 1.54) is 12.1 Å². The second-order valence-corrected chi connectivity index (χ2v) is 4.69. The van der Waals surface area contributed by atoms with E-state index in [1.807, 2.05) is 20.8 Å². The van der Waals surface area contributed by atoms with Crippen molar-refractivity contribution in [3.05, 3.63) is 29.6 Å². The van der Waals surface area contributed by atoms with E-state index in [1.54, 1.807) is 6.07 Å². The van der Waals surface area contributed by atoms with E-state index in [9.17, 15) is 9.50 Å². The van der Waals surface area contributed by atoms with Crippen LogP contribution in [0.3, 0.4) is 0 Å². The zero-order valence-corrected chi connectivity index (χ0v) is 11.2. The summed E-state index contributed by atoms with van der Waals surface area (Å²) in [7, 11) is 0. The molecule has 0 saturated heterocycles. The molecule has 1 atom stereocenters. The first-order chi connectivity index (χ1) is 8.41. The van der Waals surface area contributed by atoms with Crippen molar-refractivity contribution in [2.75, 3.05) is 6.61 Å². The SMILES string of the molecule is CCC(O)(CC)COc1cc(F)ccc1C(C)N. The predicted molar refractivity (Wildman–Crippen MR) is 70.0 cm³/mol. The fourth-order valence-corrected chi connectivity index (χ4v) is 1.68. The maximum Gasteiger partial charge on any atom is 0.127 e. The summed E-state index contributed by atoms with van der Waals surface area (Å²) in [4.78, 5) is 0. The van der Waals surface area contributed by atoms with Gasteiger partial charge in [-0.3, -0.25) is 0 Å². The van der Waals surface area contributed by atoms with Gasteiger partial charge in [0.05, 0.1) is 5.60 Å². The van der Waals surface area contributed by atoms with Crippen molar-refractivity contribution in [3.63, 3.8) is 0 Å². The van der Waals surface area contributed by atoms with Crippen molar-refractivity contribution in [1.29, 1.82) is 0 Å². The molecule has 1 unspecified atom stereocenters. The maximum absolute atomic E-state index is 13.2. The van der Waals surface area contributed by atoms with Gasteiger partial charge in [0.2, 0.25) is 0 Å². The Morgan fingerprint density at radius 1 is 1.39 bits per heavy atom. The molecule has 0 heterocycles. The second-order valence-electron chi connectivity index (χ2n) is 4.69. The Morgan fingerprint density at radius 3 is 2.50 bits per heavy atom. The molecular weight excluding hydrogens is 233 g/mol. The first kappa shape index (κ1) is 14.9. The van der Waals surface area contributed by atoms with E-state index in [4.69, 9.17) is 10.5 Å². The molecule has 1 aromatic carbocycles. The Bertz CT molecular complexity index is 389. The van der Waals surface area contributed by atoms with Gasteiger partial charge < -0.3 is 15.6 Å². The fraction of sp³-hybridized carbons (Fsp3) is 0.571. The lowest BCUT2D eigenvalue weighted by Gasteiger charge is -2.26. The van der Waals surface area contributed by atoms with Gasteiger partial charge in [-0.1, -0.05) is 19.9 Å². The van der Waals surface area contributed by atoms with Crippen molar-refractivity contribution >= 4 is 0 Å². The van der Waals surface area contributed by atoms with Crippen molar-refractivity contribution in [1.82, 2.24) is 0 Å². The largest absolute Gasteiger partial charge is 0.490 e. The monoisotopic (exact) mass is 255 g/mol. The molecule has 0 aromatic heterocycles. The summed E-state index contributed by atoms with van der Waals surface area (Å²) in [6.07, 6.45) is 1.18. The van der Waals surface area contributed by atoms with Gasteiger partial charge >= 0.3 is 0 Å². The molecular formula is C14H22FNO2. The van der Waals surface area contributed by atoms with Crippen molar-refractivity contribution in [3.8, 4) is 5.75 Å². The molecule has 0 fully saturated rings. The number of aliphatic hydroxyl groups is 1. The molecule has 0 spiro atoms. The number of halogens is 1. The summed E-state index contributed by atoms with van der Waals surface area (Å²) in [5.41, 5.74) is 5.67. The van der Waals surface area contributed by atoms with Crippen LogP contribution in [0.25, 0.3) is 0 Å². The molecule has 1 rings (SSSR count). The molecule has 102 valence electrons. The fourth-order valence-electron chi connectivity index (χ4n) is 1.68. The van der Waals surface area contributed by atoms with Gasteiger partial charge in [-0.05, 0) is 25.8 Å². The van der Waals surface area contributed by atoms with Crippen molar-refractivity contribution in [2.45, 2.75) is 45.3 Å². The molecule has 1 aromatic rings. The molecule has 0 aliphatic carbocycles. The van der Waals surface area contributed by atoms with E-state index in [2.05, 4.69) is 0 Å². The zero-order chi connectivity index (χ0) is 13.8. The Morgan fingerprint density at radius 2 is 2.00 bits per heavy atom. The summed E-state index contributed by atoms with van der Waals surface area (Å²) >= 11 is 0. The highest BCUT2D eigenvalue weighted by Gasteiger charge is 2.24. The third kappa shape index (κ3) is 3.68. The van der Waals surface area contributed by atoms with E-state index < -0.39 is 5.60 Å². The maximum atomic E-state index is 13.2. The average molecular weight is 255 g/mol. The number of nitrogens with two attached hydrogens (primary N) is 1. The molecule has 0 saturated carbocycles. The molecule has 0 aliphatic rings.